The Morgan fingerprint density at radius 3 is 2.44 bits per heavy atom. The molecule has 0 aromatic heterocycles. The summed E-state index contributed by atoms with van der Waals surface area (Å²) in [6.45, 7) is 10.0. The molecular weight excluding hydrogens is 310 g/mol. The van der Waals surface area contributed by atoms with E-state index < -0.39 is 0 Å². The van der Waals surface area contributed by atoms with Gasteiger partial charge in [0.15, 0.2) is 6.17 Å². The predicted molar refractivity (Wildman–Crippen MR) is 108 cm³/mol. The van der Waals surface area contributed by atoms with Crippen LogP contribution in [0.25, 0.3) is 0 Å². The molecular formula is C21H40N3O+. The van der Waals surface area contributed by atoms with Crippen LogP contribution in [0.3, 0.4) is 0 Å². The maximum Gasteiger partial charge on any atom is 0.221 e. The SMILES string of the molecule is CCCCCCCCCC/C=C/C1N=CC[N+]1(CC)C(C)NC(C)=O. The van der Waals surface area contributed by atoms with Crippen molar-refractivity contribution < 1.29 is 9.28 Å². The molecule has 0 aliphatic carbocycles. The van der Waals surface area contributed by atoms with Gasteiger partial charge in [-0.25, -0.2) is 4.99 Å². The van der Waals surface area contributed by atoms with Crippen molar-refractivity contribution in [1.82, 2.24) is 5.32 Å². The van der Waals surface area contributed by atoms with Gasteiger partial charge >= 0.3 is 0 Å². The van der Waals surface area contributed by atoms with Gasteiger partial charge in [0.1, 0.15) is 6.54 Å². The quantitative estimate of drug-likeness (QED) is 0.289. The second-order valence-corrected chi connectivity index (χ2v) is 7.42. The van der Waals surface area contributed by atoms with E-state index in [1.54, 1.807) is 6.92 Å². The molecule has 0 spiro atoms. The smallest absolute Gasteiger partial charge is 0.221 e. The maximum absolute atomic E-state index is 11.4. The van der Waals surface area contributed by atoms with Crippen molar-refractivity contribution in [3.05, 3.63) is 12.2 Å². The van der Waals surface area contributed by atoms with E-state index in [1.165, 1.54) is 51.4 Å². The van der Waals surface area contributed by atoms with Gasteiger partial charge in [-0.15, -0.1) is 0 Å². The third-order valence-corrected chi connectivity index (χ3v) is 5.51. The molecule has 1 aliphatic heterocycles. The fourth-order valence-corrected chi connectivity index (χ4v) is 3.78. The van der Waals surface area contributed by atoms with Crippen molar-refractivity contribution in [2.24, 2.45) is 4.99 Å². The predicted octanol–water partition coefficient (Wildman–Crippen LogP) is 4.80. The highest BCUT2D eigenvalue weighted by Gasteiger charge is 2.41. The van der Waals surface area contributed by atoms with Crippen molar-refractivity contribution >= 4 is 12.1 Å². The highest BCUT2D eigenvalue weighted by molar-refractivity contribution is 5.73. The van der Waals surface area contributed by atoms with Gasteiger partial charge in [0.2, 0.25) is 12.1 Å². The number of quaternary nitrogens is 1. The van der Waals surface area contributed by atoms with Crippen LogP contribution < -0.4 is 5.32 Å². The van der Waals surface area contributed by atoms with E-state index >= 15 is 0 Å². The third-order valence-electron chi connectivity index (χ3n) is 5.51. The first-order chi connectivity index (χ1) is 12.1. The van der Waals surface area contributed by atoms with Crippen molar-refractivity contribution in [3.63, 3.8) is 0 Å². The zero-order valence-corrected chi connectivity index (χ0v) is 17.0. The zero-order valence-electron chi connectivity index (χ0n) is 17.0. The summed E-state index contributed by atoms with van der Waals surface area (Å²) in [4.78, 5) is 16.1. The summed E-state index contributed by atoms with van der Waals surface area (Å²) in [6, 6.07) is 0. The number of aliphatic imine (C=N–C) groups is 1. The number of hydrogen-bond donors (Lipinski definition) is 1. The molecule has 4 nitrogen and oxygen atoms in total. The Bertz CT molecular complexity index is 433. The minimum absolute atomic E-state index is 0.0343. The van der Waals surface area contributed by atoms with Gasteiger partial charge in [0, 0.05) is 13.8 Å². The molecule has 1 amide bonds. The van der Waals surface area contributed by atoms with Crippen molar-refractivity contribution in [2.45, 2.75) is 97.8 Å². The Balaban J connectivity index is 2.32. The molecule has 1 heterocycles. The summed E-state index contributed by atoms with van der Waals surface area (Å²) < 4.78 is 0.799. The minimum atomic E-state index is 0.0343. The van der Waals surface area contributed by atoms with Crippen LogP contribution in [0.4, 0.5) is 0 Å². The Morgan fingerprint density at radius 1 is 1.20 bits per heavy atom. The first-order valence-corrected chi connectivity index (χ1v) is 10.4. The van der Waals surface area contributed by atoms with E-state index in [4.69, 9.17) is 0 Å². The van der Waals surface area contributed by atoms with Crippen molar-refractivity contribution in [1.29, 1.82) is 0 Å². The van der Waals surface area contributed by atoms with E-state index in [-0.39, 0.29) is 18.2 Å². The number of nitrogens with one attached hydrogen (secondary N) is 1. The molecule has 1 N–H and O–H groups in total. The molecule has 0 bridgehead atoms. The van der Waals surface area contributed by atoms with E-state index in [9.17, 15) is 4.79 Å². The molecule has 1 rings (SSSR count). The van der Waals surface area contributed by atoms with Crippen molar-refractivity contribution in [2.75, 3.05) is 13.1 Å². The van der Waals surface area contributed by atoms with Gasteiger partial charge in [0.25, 0.3) is 0 Å². The molecule has 0 saturated carbocycles. The Labute approximate surface area is 155 Å². The topological polar surface area (TPSA) is 41.5 Å². The molecule has 3 atom stereocenters. The minimum Gasteiger partial charge on any atom is -0.307 e. The van der Waals surface area contributed by atoms with Gasteiger partial charge in [-0.05, 0) is 25.8 Å². The molecule has 3 unspecified atom stereocenters. The molecule has 0 saturated heterocycles. The molecule has 0 aromatic rings. The molecule has 0 radical (unpaired) electrons. The Morgan fingerprint density at radius 2 is 1.84 bits per heavy atom. The average molecular weight is 351 g/mol. The van der Waals surface area contributed by atoms with Crippen LogP contribution in [0, 0.1) is 0 Å². The van der Waals surface area contributed by atoms with Crippen LogP contribution in [0.1, 0.15) is 85.5 Å². The lowest BCUT2D eigenvalue weighted by Crippen LogP contribution is -2.63. The lowest BCUT2D eigenvalue weighted by molar-refractivity contribution is -0.953. The molecule has 1 aliphatic rings. The largest absolute Gasteiger partial charge is 0.307 e. The number of nitrogens with zero attached hydrogens (tertiary/aromatic N) is 2. The second kappa shape index (κ2) is 12.2. The average Bonchev–Trinajstić information content (AvgIpc) is 3.00. The lowest BCUT2D eigenvalue weighted by atomic mass is 10.1. The van der Waals surface area contributed by atoms with Crippen LogP contribution in [0.15, 0.2) is 17.1 Å². The lowest BCUT2D eigenvalue weighted by Gasteiger charge is -2.41. The number of allylic oxidation sites excluding steroid dienone is 1. The number of amides is 1. The molecule has 144 valence electrons. The summed E-state index contributed by atoms with van der Waals surface area (Å²) >= 11 is 0. The van der Waals surface area contributed by atoms with Crippen LogP contribution in [0.2, 0.25) is 0 Å². The van der Waals surface area contributed by atoms with Gasteiger partial charge in [-0.2, -0.15) is 0 Å². The van der Waals surface area contributed by atoms with Gasteiger partial charge in [-0.1, -0.05) is 57.9 Å². The fraction of sp³-hybridized carbons (Fsp3) is 0.810. The Kier molecular flexibility index (Phi) is 10.7. The fourth-order valence-electron chi connectivity index (χ4n) is 3.78. The first-order valence-electron chi connectivity index (χ1n) is 10.4. The van der Waals surface area contributed by atoms with Crippen LogP contribution in [-0.2, 0) is 4.79 Å². The number of carbonyl (C=O) groups excluding carboxylic acids is 1. The van der Waals surface area contributed by atoms with Crippen LogP contribution >= 0.6 is 0 Å². The number of carbonyl (C=O) groups is 1. The van der Waals surface area contributed by atoms with E-state index in [1.807, 2.05) is 6.21 Å². The summed E-state index contributed by atoms with van der Waals surface area (Å²) in [5.74, 6) is 0.0343. The summed E-state index contributed by atoms with van der Waals surface area (Å²) in [7, 11) is 0. The number of likely N-dealkylation sites (N-methyl/N-ethyl adjacent to an activating group) is 1. The third kappa shape index (κ3) is 7.31. The highest BCUT2D eigenvalue weighted by atomic mass is 16.1. The first kappa shape index (κ1) is 21.9. The summed E-state index contributed by atoms with van der Waals surface area (Å²) in [5, 5.41) is 3.07. The Hall–Kier alpha value is -1.16. The number of rotatable bonds is 13. The summed E-state index contributed by atoms with van der Waals surface area (Å²) in [5.41, 5.74) is 0. The van der Waals surface area contributed by atoms with E-state index in [2.05, 4.69) is 43.2 Å². The molecule has 0 aromatic carbocycles. The summed E-state index contributed by atoms with van der Waals surface area (Å²) in [6.07, 6.45) is 18.8. The monoisotopic (exact) mass is 350 g/mol. The second-order valence-electron chi connectivity index (χ2n) is 7.42. The van der Waals surface area contributed by atoms with Crippen molar-refractivity contribution in [3.8, 4) is 0 Å². The maximum atomic E-state index is 11.4. The van der Waals surface area contributed by atoms with E-state index in [0.29, 0.717) is 0 Å². The van der Waals surface area contributed by atoms with Gasteiger partial charge < -0.3 is 5.32 Å². The molecule has 4 heteroatoms. The molecule has 0 fully saturated rings. The number of unbranched alkanes of at least 4 members (excludes halogenated alkanes) is 8. The molecule has 25 heavy (non-hydrogen) atoms. The van der Waals surface area contributed by atoms with E-state index in [0.717, 1.165) is 24.0 Å². The van der Waals surface area contributed by atoms with Crippen LogP contribution in [-0.4, -0.2) is 42.0 Å². The van der Waals surface area contributed by atoms with Crippen LogP contribution in [0.5, 0.6) is 0 Å². The normalized spacial score (nSPS) is 24.1. The standard InChI is InChI=1S/C21H39N3O/c1-5-7-8-9-10-11-12-13-14-15-16-21-22-17-18-24(21,6-2)19(3)23-20(4)25/h15-17,19,21H,5-14,18H2,1-4H3/p+1/b16-15+. The van der Waals surface area contributed by atoms with Gasteiger partial charge in [-0.3, -0.25) is 9.28 Å². The highest BCUT2D eigenvalue weighted by Crippen LogP contribution is 2.24. The number of hydrogen-bond acceptors (Lipinski definition) is 2. The zero-order chi connectivity index (χ0) is 18.5. The van der Waals surface area contributed by atoms with Gasteiger partial charge in [0.05, 0.1) is 12.8 Å².